The molecule has 0 bridgehead atoms. The van der Waals surface area contributed by atoms with Crippen LogP contribution in [0.2, 0.25) is 0 Å². The maximum absolute atomic E-state index is 13.6. The number of benzene rings is 1. The zero-order valence-electron chi connectivity index (χ0n) is 8.98. The molecule has 0 saturated carbocycles. The SMILES string of the molecule is CC1(C)NCCC1c1ccc(F)cc1F. The molecule has 1 atom stereocenters. The minimum atomic E-state index is -0.514. The Morgan fingerprint density at radius 3 is 2.60 bits per heavy atom. The molecule has 1 aromatic rings. The zero-order chi connectivity index (χ0) is 11.1. The first-order chi connectivity index (χ1) is 7.00. The molecule has 1 aliphatic rings. The molecule has 15 heavy (non-hydrogen) atoms. The van der Waals surface area contributed by atoms with Crippen LogP contribution >= 0.6 is 0 Å². The molecule has 0 spiro atoms. The van der Waals surface area contributed by atoms with Gasteiger partial charge < -0.3 is 5.32 Å². The van der Waals surface area contributed by atoms with Gasteiger partial charge in [-0.2, -0.15) is 0 Å². The fraction of sp³-hybridized carbons (Fsp3) is 0.500. The molecule has 2 rings (SSSR count). The molecule has 0 radical (unpaired) electrons. The topological polar surface area (TPSA) is 12.0 Å². The highest BCUT2D eigenvalue weighted by atomic mass is 19.1. The molecule has 82 valence electrons. The van der Waals surface area contributed by atoms with E-state index in [-0.39, 0.29) is 11.5 Å². The van der Waals surface area contributed by atoms with E-state index in [0.717, 1.165) is 19.0 Å². The van der Waals surface area contributed by atoms with Crippen LogP contribution in [0.25, 0.3) is 0 Å². The Labute approximate surface area is 88.5 Å². The molecule has 1 aromatic carbocycles. The lowest BCUT2D eigenvalue weighted by Crippen LogP contribution is -2.37. The minimum absolute atomic E-state index is 0.112. The van der Waals surface area contributed by atoms with Crippen LogP contribution in [0, 0.1) is 11.6 Å². The molecular weight excluding hydrogens is 196 g/mol. The van der Waals surface area contributed by atoms with Gasteiger partial charge in [0.15, 0.2) is 0 Å². The van der Waals surface area contributed by atoms with Crippen molar-refractivity contribution in [3.8, 4) is 0 Å². The van der Waals surface area contributed by atoms with Crippen LogP contribution in [0.1, 0.15) is 31.7 Å². The predicted octanol–water partition coefficient (Wildman–Crippen LogP) is 2.82. The van der Waals surface area contributed by atoms with Crippen LogP contribution < -0.4 is 5.32 Å². The van der Waals surface area contributed by atoms with Crippen LogP contribution in [0.15, 0.2) is 18.2 Å². The average molecular weight is 211 g/mol. The van der Waals surface area contributed by atoms with Crippen molar-refractivity contribution >= 4 is 0 Å². The Morgan fingerprint density at radius 1 is 1.33 bits per heavy atom. The molecule has 3 heteroatoms. The van der Waals surface area contributed by atoms with Crippen LogP contribution in [-0.2, 0) is 0 Å². The lowest BCUT2D eigenvalue weighted by Gasteiger charge is -2.27. The first-order valence-corrected chi connectivity index (χ1v) is 5.21. The molecule has 1 unspecified atom stereocenters. The summed E-state index contributed by atoms with van der Waals surface area (Å²) in [4.78, 5) is 0. The van der Waals surface area contributed by atoms with E-state index in [4.69, 9.17) is 0 Å². The Hall–Kier alpha value is -0.960. The van der Waals surface area contributed by atoms with E-state index in [9.17, 15) is 8.78 Å². The second kappa shape index (κ2) is 3.56. The van der Waals surface area contributed by atoms with E-state index in [1.54, 1.807) is 6.07 Å². The van der Waals surface area contributed by atoms with E-state index in [1.165, 1.54) is 6.07 Å². The predicted molar refractivity (Wildman–Crippen MR) is 55.8 cm³/mol. The summed E-state index contributed by atoms with van der Waals surface area (Å²) in [5, 5.41) is 3.33. The van der Waals surface area contributed by atoms with Crippen molar-refractivity contribution in [2.24, 2.45) is 0 Å². The van der Waals surface area contributed by atoms with Crippen LogP contribution in [0.5, 0.6) is 0 Å². The number of hydrogen-bond acceptors (Lipinski definition) is 1. The summed E-state index contributed by atoms with van der Waals surface area (Å²) in [5.74, 6) is -0.824. The Morgan fingerprint density at radius 2 is 2.07 bits per heavy atom. The summed E-state index contributed by atoms with van der Waals surface area (Å²) in [6, 6.07) is 3.85. The second-order valence-electron chi connectivity index (χ2n) is 4.66. The lowest BCUT2D eigenvalue weighted by atomic mass is 9.83. The van der Waals surface area contributed by atoms with Crippen LogP contribution in [0.4, 0.5) is 8.78 Å². The molecular formula is C12H15F2N. The van der Waals surface area contributed by atoms with E-state index in [2.05, 4.69) is 5.32 Å². The smallest absolute Gasteiger partial charge is 0.129 e. The van der Waals surface area contributed by atoms with Crippen molar-refractivity contribution in [1.82, 2.24) is 5.32 Å². The maximum Gasteiger partial charge on any atom is 0.129 e. The Balaban J connectivity index is 2.37. The van der Waals surface area contributed by atoms with Gasteiger partial charge in [-0.1, -0.05) is 6.07 Å². The van der Waals surface area contributed by atoms with Gasteiger partial charge in [0.2, 0.25) is 0 Å². The molecule has 1 fully saturated rings. The third kappa shape index (κ3) is 1.88. The van der Waals surface area contributed by atoms with Gasteiger partial charge in [-0.3, -0.25) is 0 Å². The highest BCUT2D eigenvalue weighted by Crippen LogP contribution is 2.36. The summed E-state index contributed by atoms with van der Waals surface area (Å²) in [5.41, 5.74) is 0.505. The first kappa shape index (κ1) is 10.6. The van der Waals surface area contributed by atoms with Gasteiger partial charge in [0, 0.05) is 17.5 Å². The Kier molecular flexibility index (Phi) is 2.51. The minimum Gasteiger partial charge on any atom is -0.311 e. The summed E-state index contributed by atoms with van der Waals surface area (Å²) in [6.45, 7) is 4.98. The van der Waals surface area contributed by atoms with E-state index >= 15 is 0 Å². The standard InChI is InChI=1S/C12H15F2N/c1-12(2)10(5-6-15-12)9-4-3-8(13)7-11(9)14/h3-4,7,10,15H,5-6H2,1-2H3. The number of hydrogen-bond donors (Lipinski definition) is 1. The first-order valence-electron chi connectivity index (χ1n) is 5.21. The Bertz CT molecular complexity index is 374. The fourth-order valence-electron chi connectivity index (χ4n) is 2.35. The highest BCUT2D eigenvalue weighted by molar-refractivity contribution is 5.27. The quantitative estimate of drug-likeness (QED) is 0.753. The maximum atomic E-state index is 13.6. The van der Waals surface area contributed by atoms with E-state index < -0.39 is 11.6 Å². The highest BCUT2D eigenvalue weighted by Gasteiger charge is 2.36. The van der Waals surface area contributed by atoms with Crippen molar-refractivity contribution in [2.75, 3.05) is 6.54 Å². The second-order valence-corrected chi connectivity index (χ2v) is 4.66. The van der Waals surface area contributed by atoms with Crippen molar-refractivity contribution in [3.05, 3.63) is 35.4 Å². The van der Waals surface area contributed by atoms with Gasteiger partial charge >= 0.3 is 0 Å². The third-order valence-corrected chi connectivity index (χ3v) is 3.22. The van der Waals surface area contributed by atoms with Gasteiger partial charge in [-0.15, -0.1) is 0 Å². The third-order valence-electron chi connectivity index (χ3n) is 3.22. The van der Waals surface area contributed by atoms with Gasteiger partial charge in [0.05, 0.1) is 0 Å². The van der Waals surface area contributed by atoms with Gasteiger partial charge in [0.25, 0.3) is 0 Å². The molecule has 0 aromatic heterocycles. The average Bonchev–Trinajstić information content (AvgIpc) is 2.46. The van der Waals surface area contributed by atoms with E-state index in [0.29, 0.717) is 5.56 Å². The molecule has 1 nitrogen and oxygen atoms in total. The van der Waals surface area contributed by atoms with Crippen LogP contribution in [-0.4, -0.2) is 12.1 Å². The summed E-state index contributed by atoms with van der Waals surface area (Å²) in [7, 11) is 0. The number of halogens is 2. The fourth-order valence-corrected chi connectivity index (χ4v) is 2.35. The van der Waals surface area contributed by atoms with E-state index in [1.807, 2.05) is 13.8 Å². The molecule has 0 aliphatic carbocycles. The molecule has 1 N–H and O–H groups in total. The largest absolute Gasteiger partial charge is 0.311 e. The normalized spacial score (nSPS) is 24.4. The monoisotopic (exact) mass is 211 g/mol. The van der Waals surface area contributed by atoms with Crippen molar-refractivity contribution in [1.29, 1.82) is 0 Å². The van der Waals surface area contributed by atoms with Crippen molar-refractivity contribution < 1.29 is 8.78 Å². The molecule has 1 heterocycles. The van der Waals surface area contributed by atoms with Gasteiger partial charge in [-0.05, 0) is 38.4 Å². The summed E-state index contributed by atoms with van der Waals surface area (Å²) >= 11 is 0. The molecule has 1 aliphatic heterocycles. The van der Waals surface area contributed by atoms with Crippen molar-refractivity contribution in [3.63, 3.8) is 0 Å². The lowest BCUT2D eigenvalue weighted by molar-refractivity contribution is 0.399. The number of nitrogens with one attached hydrogen (secondary N) is 1. The molecule has 1 saturated heterocycles. The van der Waals surface area contributed by atoms with Crippen molar-refractivity contribution in [2.45, 2.75) is 31.7 Å². The van der Waals surface area contributed by atoms with Gasteiger partial charge in [-0.25, -0.2) is 8.78 Å². The van der Waals surface area contributed by atoms with Crippen LogP contribution in [0.3, 0.4) is 0 Å². The van der Waals surface area contributed by atoms with Gasteiger partial charge in [0.1, 0.15) is 11.6 Å². The number of rotatable bonds is 1. The summed E-state index contributed by atoms with van der Waals surface area (Å²) < 4.78 is 26.3. The summed E-state index contributed by atoms with van der Waals surface area (Å²) in [6.07, 6.45) is 0.898. The zero-order valence-corrected chi connectivity index (χ0v) is 8.98. The molecule has 0 amide bonds.